The largest absolute Gasteiger partial charge is 0.369 e. The molecule has 1 unspecified atom stereocenters. The van der Waals surface area contributed by atoms with Crippen LogP contribution in [0.1, 0.15) is 17.3 Å². The fraction of sp³-hybridized carbons (Fsp3) is 0.273. The number of halogens is 4. The van der Waals surface area contributed by atoms with Crippen molar-refractivity contribution in [1.82, 2.24) is 19.7 Å². The predicted octanol–water partition coefficient (Wildman–Crippen LogP) is 4.98. The number of hydrogen-bond donors (Lipinski definition) is 0. The SMILES string of the molecule is C=CC(c1cnn(-c2ncccc2Cl)c1C)N1CCN(c2cc(F)cc(F)c2)CC1.Cl. The van der Waals surface area contributed by atoms with Gasteiger partial charge in [0.25, 0.3) is 0 Å². The van der Waals surface area contributed by atoms with Gasteiger partial charge in [0.15, 0.2) is 5.82 Å². The zero-order valence-electron chi connectivity index (χ0n) is 17.0. The Labute approximate surface area is 191 Å². The summed E-state index contributed by atoms with van der Waals surface area (Å²) in [6.07, 6.45) is 5.40. The number of anilines is 1. The van der Waals surface area contributed by atoms with E-state index in [9.17, 15) is 8.78 Å². The molecule has 1 saturated heterocycles. The standard InChI is InChI=1S/C22H22ClF2N5.ClH/c1-3-21(19-14-27-30(15(19)2)22-20(23)5-4-6-26-22)29-9-7-28(8-10-29)18-12-16(24)11-17(25)13-18;/h3-6,11-14,21H,1,7-10H2,2H3;1H. The van der Waals surface area contributed by atoms with Crippen LogP contribution >= 0.6 is 24.0 Å². The van der Waals surface area contributed by atoms with Gasteiger partial charge in [-0.05, 0) is 31.2 Å². The fourth-order valence-corrected chi connectivity index (χ4v) is 4.11. The number of rotatable bonds is 5. The first-order chi connectivity index (χ1) is 14.5. The van der Waals surface area contributed by atoms with E-state index in [2.05, 4.69) is 21.6 Å². The van der Waals surface area contributed by atoms with Crippen LogP contribution in [0.2, 0.25) is 5.02 Å². The van der Waals surface area contributed by atoms with Crippen LogP contribution in [-0.2, 0) is 0 Å². The average molecular weight is 466 g/mol. The second-order valence-electron chi connectivity index (χ2n) is 7.24. The highest BCUT2D eigenvalue weighted by Crippen LogP contribution is 2.29. The van der Waals surface area contributed by atoms with Gasteiger partial charge in [-0.1, -0.05) is 17.7 Å². The Kier molecular flexibility index (Phi) is 7.30. The normalized spacial score (nSPS) is 15.4. The van der Waals surface area contributed by atoms with Gasteiger partial charge in [-0.3, -0.25) is 4.90 Å². The molecule has 1 atom stereocenters. The lowest BCUT2D eigenvalue weighted by atomic mass is 10.1. The fourth-order valence-electron chi connectivity index (χ4n) is 3.91. The molecule has 1 aliphatic heterocycles. The second-order valence-corrected chi connectivity index (χ2v) is 7.64. The van der Waals surface area contributed by atoms with E-state index in [1.54, 1.807) is 23.0 Å². The number of benzene rings is 1. The van der Waals surface area contributed by atoms with E-state index in [-0.39, 0.29) is 18.4 Å². The topological polar surface area (TPSA) is 37.2 Å². The van der Waals surface area contributed by atoms with Gasteiger partial charge in [-0.2, -0.15) is 5.10 Å². The molecular weight excluding hydrogens is 443 g/mol. The monoisotopic (exact) mass is 465 g/mol. The molecule has 2 aromatic heterocycles. The molecule has 4 rings (SSSR count). The van der Waals surface area contributed by atoms with Gasteiger partial charge >= 0.3 is 0 Å². The molecule has 0 spiro atoms. The lowest BCUT2D eigenvalue weighted by Gasteiger charge is -2.39. The van der Waals surface area contributed by atoms with Crippen molar-refractivity contribution in [3.63, 3.8) is 0 Å². The van der Waals surface area contributed by atoms with E-state index in [1.807, 2.05) is 24.1 Å². The summed E-state index contributed by atoms with van der Waals surface area (Å²) in [6.45, 7) is 8.77. The third-order valence-electron chi connectivity index (χ3n) is 5.45. The molecule has 9 heteroatoms. The first kappa shape index (κ1) is 23.2. The van der Waals surface area contributed by atoms with E-state index in [1.165, 1.54) is 12.1 Å². The van der Waals surface area contributed by atoms with E-state index >= 15 is 0 Å². The van der Waals surface area contributed by atoms with Gasteiger partial charge in [0, 0.05) is 55.4 Å². The molecule has 0 saturated carbocycles. The smallest absolute Gasteiger partial charge is 0.172 e. The number of hydrogen-bond acceptors (Lipinski definition) is 4. The zero-order chi connectivity index (χ0) is 21.3. The van der Waals surface area contributed by atoms with Crippen LogP contribution in [0.5, 0.6) is 0 Å². The number of piperazine rings is 1. The Morgan fingerprint density at radius 3 is 2.42 bits per heavy atom. The summed E-state index contributed by atoms with van der Waals surface area (Å²) in [5, 5.41) is 5.02. The zero-order valence-corrected chi connectivity index (χ0v) is 18.6. The number of pyridine rings is 1. The molecule has 0 aliphatic carbocycles. The summed E-state index contributed by atoms with van der Waals surface area (Å²) in [5.41, 5.74) is 2.53. The highest BCUT2D eigenvalue weighted by molar-refractivity contribution is 6.32. The van der Waals surface area contributed by atoms with E-state index in [0.29, 0.717) is 29.6 Å². The van der Waals surface area contributed by atoms with Crippen molar-refractivity contribution < 1.29 is 8.78 Å². The van der Waals surface area contributed by atoms with Crippen LogP contribution in [0.3, 0.4) is 0 Å². The van der Waals surface area contributed by atoms with Gasteiger partial charge < -0.3 is 4.90 Å². The summed E-state index contributed by atoms with van der Waals surface area (Å²) in [5.74, 6) is -0.538. The van der Waals surface area contributed by atoms with Gasteiger partial charge in [-0.15, -0.1) is 19.0 Å². The molecule has 5 nitrogen and oxygen atoms in total. The molecule has 0 radical (unpaired) electrons. The molecular formula is C22H23Cl2F2N5. The van der Waals surface area contributed by atoms with Crippen LogP contribution in [0.25, 0.3) is 5.82 Å². The van der Waals surface area contributed by atoms with Gasteiger partial charge in [0.05, 0.1) is 17.3 Å². The maximum absolute atomic E-state index is 13.6. The Morgan fingerprint density at radius 1 is 1.13 bits per heavy atom. The highest BCUT2D eigenvalue weighted by atomic mass is 35.5. The minimum absolute atomic E-state index is 0. The van der Waals surface area contributed by atoms with Crippen LogP contribution < -0.4 is 4.90 Å². The van der Waals surface area contributed by atoms with Crippen molar-refractivity contribution in [2.75, 3.05) is 31.1 Å². The molecule has 0 N–H and O–H groups in total. The van der Waals surface area contributed by atoms with Crippen LogP contribution in [0.15, 0.2) is 55.4 Å². The van der Waals surface area contributed by atoms with Crippen molar-refractivity contribution in [1.29, 1.82) is 0 Å². The van der Waals surface area contributed by atoms with E-state index in [0.717, 1.165) is 30.4 Å². The molecule has 164 valence electrons. The predicted molar refractivity (Wildman–Crippen MR) is 121 cm³/mol. The van der Waals surface area contributed by atoms with Crippen LogP contribution in [-0.4, -0.2) is 45.8 Å². The van der Waals surface area contributed by atoms with Crippen LogP contribution in [0.4, 0.5) is 14.5 Å². The van der Waals surface area contributed by atoms with Crippen molar-refractivity contribution in [2.24, 2.45) is 0 Å². The molecule has 31 heavy (non-hydrogen) atoms. The summed E-state index contributed by atoms with van der Waals surface area (Å²) < 4.78 is 28.9. The van der Waals surface area contributed by atoms with Gasteiger partial charge in [0.1, 0.15) is 11.6 Å². The summed E-state index contributed by atoms with van der Waals surface area (Å²) in [6, 6.07) is 7.16. The molecule has 3 aromatic rings. The lowest BCUT2D eigenvalue weighted by Crippen LogP contribution is -2.47. The number of nitrogens with zero attached hydrogens (tertiary/aromatic N) is 5. The Hall–Kier alpha value is -2.48. The van der Waals surface area contributed by atoms with E-state index < -0.39 is 11.6 Å². The average Bonchev–Trinajstić information content (AvgIpc) is 3.10. The van der Waals surface area contributed by atoms with E-state index in [4.69, 9.17) is 11.6 Å². The van der Waals surface area contributed by atoms with Crippen molar-refractivity contribution in [2.45, 2.75) is 13.0 Å². The van der Waals surface area contributed by atoms with Crippen LogP contribution in [0, 0.1) is 18.6 Å². The molecule has 1 aromatic carbocycles. The third kappa shape index (κ3) is 4.74. The Bertz CT molecular complexity index is 1040. The van der Waals surface area contributed by atoms with Crippen molar-refractivity contribution in [3.8, 4) is 5.82 Å². The first-order valence-electron chi connectivity index (χ1n) is 9.71. The maximum atomic E-state index is 13.6. The second kappa shape index (κ2) is 9.77. The third-order valence-corrected chi connectivity index (χ3v) is 5.74. The summed E-state index contributed by atoms with van der Waals surface area (Å²) in [4.78, 5) is 8.62. The Balaban J connectivity index is 0.00000272. The molecule has 0 amide bonds. The quantitative estimate of drug-likeness (QED) is 0.498. The lowest BCUT2D eigenvalue weighted by molar-refractivity contribution is 0.217. The molecule has 1 aliphatic rings. The van der Waals surface area contributed by atoms with Crippen molar-refractivity contribution in [3.05, 3.63) is 83.3 Å². The maximum Gasteiger partial charge on any atom is 0.172 e. The minimum Gasteiger partial charge on any atom is -0.369 e. The highest BCUT2D eigenvalue weighted by Gasteiger charge is 2.26. The Morgan fingerprint density at radius 2 is 1.81 bits per heavy atom. The molecule has 1 fully saturated rings. The molecule has 3 heterocycles. The van der Waals surface area contributed by atoms with Crippen molar-refractivity contribution >= 4 is 29.7 Å². The minimum atomic E-state index is -0.562. The number of aromatic nitrogens is 3. The first-order valence-corrected chi connectivity index (χ1v) is 10.1. The van der Waals surface area contributed by atoms with Gasteiger partial charge in [0.2, 0.25) is 0 Å². The molecule has 0 bridgehead atoms. The summed E-state index contributed by atoms with van der Waals surface area (Å²) in [7, 11) is 0. The summed E-state index contributed by atoms with van der Waals surface area (Å²) >= 11 is 6.29. The van der Waals surface area contributed by atoms with Gasteiger partial charge in [-0.25, -0.2) is 18.4 Å².